The molecule has 1 fully saturated rings. The summed E-state index contributed by atoms with van der Waals surface area (Å²) >= 11 is 5.83. The molecule has 2 atom stereocenters. The van der Waals surface area contributed by atoms with Crippen LogP contribution >= 0.6 is 11.6 Å². The largest absolute Gasteiger partial charge is 0.198 e. The van der Waals surface area contributed by atoms with Crippen LogP contribution in [0.25, 0.3) is 0 Å². The van der Waals surface area contributed by atoms with Crippen LogP contribution in [0.1, 0.15) is 13.3 Å². The van der Waals surface area contributed by atoms with Crippen LogP contribution in [0.2, 0.25) is 0 Å². The molecule has 2 heteroatoms. The molecule has 0 spiro atoms. The van der Waals surface area contributed by atoms with Gasteiger partial charge in [-0.25, -0.2) is 0 Å². The SMILES string of the molecule is C[C@H]1C2=CC(Cl)=C2C[C@@H]1C#N. The number of nitriles is 1. The van der Waals surface area contributed by atoms with Crippen molar-refractivity contribution >= 4 is 11.6 Å². The van der Waals surface area contributed by atoms with E-state index in [2.05, 4.69) is 13.0 Å². The van der Waals surface area contributed by atoms with Gasteiger partial charge in [-0.15, -0.1) is 0 Å². The molecule has 2 aliphatic rings. The maximum Gasteiger partial charge on any atom is 0.0665 e. The van der Waals surface area contributed by atoms with Crippen molar-refractivity contribution in [2.75, 3.05) is 0 Å². The molecule has 0 bridgehead atoms. The van der Waals surface area contributed by atoms with E-state index in [0.29, 0.717) is 5.92 Å². The predicted molar refractivity (Wildman–Crippen MR) is 43.8 cm³/mol. The highest BCUT2D eigenvalue weighted by Crippen LogP contribution is 2.48. The maximum atomic E-state index is 8.74. The molecule has 0 N–H and O–H groups in total. The zero-order chi connectivity index (χ0) is 8.01. The van der Waals surface area contributed by atoms with Gasteiger partial charge in [0.15, 0.2) is 0 Å². The molecule has 0 aromatic rings. The molecule has 0 saturated heterocycles. The van der Waals surface area contributed by atoms with Gasteiger partial charge < -0.3 is 0 Å². The summed E-state index contributed by atoms with van der Waals surface area (Å²) in [6.45, 7) is 2.09. The van der Waals surface area contributed by atoms with Gasteiger partial charge in [-0.05, 0) is 29.6 Å². The van der Waals surface area contributed by atoms with Crippen molar-refractivity contribution in [3.63, 3.8) is 0 Å². The number of nitrogens with zero attached hydrogens (tertiary/aromatic N) is 1. The van der Waals surface area contributed by atoms with Crippen molar-refractivity contribution in [2.45, 2.75) is 13.3 Å². The zero-order valence-electron chi connectivity index (χ0n) is 6.26. The van der Waals surface area contributed by atoms with Crippen LogP contribution in [-0.4, -0.2) is 0 Å². The summed E-state index contributed by atoms with van der Waals surface area (Å²) < 4.78 is 0. The molecule has 0 heterocycles. The van der Waals surface area contributed by atoms with Crippen LogP contribution in [0, 0.1) is 23.2 Å². The Labute approximate surface area is 71.0 Å². The van der Waals surface area contributed by atoms with E-state index in [1.165, 1.54) is 11.1 Å². The quantitative estimate of drug-likeness (QED) is 0.541. The summed E-state index contributed by atoms with van der Waals surface area (Å²) in [5.74, 6) is 0.560. The van der Waals surface area contributed by atoms with Gasteiger partial charge in [0.05, 0.1) is 12.0 Å². The molecule has 0 aliphatic heterocycles. The third kappa shape index (κ3) is 0.765. The predicted octanol–water partition coefficient (Wildman–Crippen LogP) is 2.60. The third-order valence-electron chi connectivity index (χ3n) is 2.60. The van der Waals surface area contributed by atoms with E-state index in [1.807, 2.05) is 6.08 Å². The summed E-state index contributed by atoms with van der Waals surface area (Å²) in [4.78, 5) is 0. The van der Waals surface area contributed by atoms with Gasteiger partial charge in [-0.1, -0.05) is 18.5 Å². The molecule has 0 aromatic carbocycles. The van der Waals surface area contributed by atoms with Gasteiger partial charge in [-0.2, -0.15) is 5.26 Å². The van der Waals surface area contributed by atoms with Crippen molar-refractivity contribution in [1.29, 1.82) is 5.26 Å². The normalized spacial score (nSPS) is 34.1. The fourth-order valence-corrected chi connectivity index (χ4v) is 2.07. The number of allylic oxidation sites excluding steroid dienone is 4. The minimum absolute atomic E-state index is 0.160. The smallest absolute Gasteiger partial charge is 0.0665 e. The van der Waals surface area contributed by atoms with Crippen LogP contribution in [0.4, 0.5) is 0 Å². The molecule has 0 aromatic heterocycles. The van der Waals surface area contributed by atoms with Gasteiger partial charge in [0, 0.05) is 5.03 Å². The second kappa shape index (κ2) is 2.12. The van der Waals surface area contributed by atoms with Gasteiger partial charge in [0.1, 0.15) is 0 Å². The van der Waals surface area contributed by atoms with E-state index in [1.54, 1.807) is 0 Å². The van der Waals surface area contributed by atoms with Crippen molar-refractivity contribution < 1.29 is 0 Å². The second-order valence-electron chi connectivity index (χ2n) is 3.15. The molecule has 56 valence electrons. The highest BCUT2D eigenvalue weighted by Gasteiger charge is 2.37. The monoisotopic (exact) mass is 165 g/mol. The molecule has 0 amide bonds. The lowest BCUT2D eigenvalue weighted by Crippen LogP contribution is -2.03. The van der Waals surface area contributed by atoms with Crippen LogP contribution in [-0.2, 0) is 0 Å². The Hall–Kier alpha value is -0.740. The molecule has 2 rings (SSSR count). The third-order valence-corrected chi connectivity index (χ3v) is 2.94. The lowest BCUT2D eigenvalue weighted by Gasteiger charge is -2.15. The van der Waals surface area contributed by atoms with Crippen molar-refractivity contribution in [2.24, 2.45) is 11.8 Å². The summed E-state index contributed by atoms with van der Waals surface area (Å²) in [5, 5.41) is 9.61. The number of hydrogen-bond acceptors (Lipinski definition) is 1. The molecule has 0 radical (unpaired) electrons. The van der Waals surface area contributed by atoms with Crippen LogP contribution in [0.15, 0.2) is 22.3 Å². The molecule has 1 saturated carbocycles. The summed E-state index contributed by atoms with van der Waals surface area (Å²) in [5.41, 5.74) is 2.53. The highest BCUT2D eigenvalue weighted by molar-refractivity contribution is 6.33. The average molecular weight is 166 g/mol. The fourth-order valence-electron chi connectivity index (χ4n) is 1.76. The summed E-state index contributed by atoms with van der Waals surface area (Å²) in [6.07, 6.45) is 2.85. The first-order valence-corrected chi connectivity index (χ1v) is 4.12. The van der Waals surface area contributed by atoms with Crippen LogP contribution in [0.3, 0.4) is 0 Å². The van der Waals surface area contributed by atoms with Gasteiger partial charge in [-0.3, -0.25) is 0 Å². The van der Waals surface area contributed by atoms with Crippen LogP contribution in [0.5, 0.6) is 0 Å². The maximum absolute atomic E-state index is 8.74. The number of fused-ring (bicyclic) bond motifs is 1. The lowest BCUT2D eigenvalue weighted by atomic mass is 9.93. The minimum atomic E-state index is 0.160. The first-order chi connectivity index (χ1) is 5.24. The molecule has 1 nitrogen and oxygen atoms in total. The van der Waals surface area contributed by atoms with Gasteiger partial charge in [0.25, 0.3) is 0 Å². The van der Waals surface area contributed by atoms with Crippen molar-refractivity contribution in [3.05, 3.63) is 22.3 Å². The molecule has 0 unspecified atom stereocenters. The first-order valence-electron chi connectivity index (χ1n) is 3.74. The standard InChI is InChI=1S/C9H8ClN/c1-5-6(4-11)2-8-7(5)3-9(8)10/h3,5-6H,2H2,1H3/t5-,6-/m1/s1. The fraction of sp³-hybridized carbons (Fsp3) is 0.444. The summed E-state index contributed by atoms with van der Waals surface area (Å²) in [7, 11) is 0. The summed E-state index contributed by atoms with van der Waals surface area (Å²) in [6, 6.07) is 2.30. The van der Waals surface area contributed by atoms with E-state index in [4.69, 9.17) is 16.9 Å². The van der Waals surface area contributed by atoms with Crippen LogP contribution < -0.4 is 0 Å². The minimum Gasteiger partial charge on any atom is -0.198 e. The van der Waals surface area contributed by atoms with E-state index in [9.17, 15) is 0 Å². The number of rotatable bonds is 0. The van der Waals surface area contributed by atoms with E-state index in [-0.39, 0.29) is 5.92 Å². The number of hydrogen-bond donors (Lipinski definition) is 0. The van der Waals surface area contributed by atoms with E-state index < -0.39 is 0 Å². The second-order valence-corrected chi connectivity index (χ2v) is 3.56. The van der Waals surface area contributed by atoms with Crippen molar-refractivity contribution in [1.82, 2.24) is 0 Å². The number of halogens is 1. The molecule has 11 heavy (non-hydrogen) atoms. The van der Waals surface area contributed by atoms with E-state index in [0.717, 1.165) is 11.5 Å². The molecular formula is C9H8ClN. The Bertz CT molecular complexity index is 306. The highest BCUT2D eigenvalue weighted by atomic mass is 35.5. The molecular weight excluding hydrogens is 158 g/mol. The topological polar surface area (TPSA) is 23.8 Å². The van der Waals surface area contributed by atoms with Gasteiger partial charge in [0.2, 0.25) is 0 Å². The van der Waals surface area contributed by atoms with Crippen molar-refractivity contribution in [3.8, 4) is 6.07 Å². The zero-order valence-corrected chi connectivity index (χ0v) is 7.02. The Kier molecular flexibility index (Phi) is 1.34. The molecule has 2 aliphatic carbocycles. The Morgan fingerprint density at radius 2 is 2.45 bits per heavy atom. The average Bonchev–Trinajstić information content (AvgIpc) is 2.24. The van der Waals surface area contributed by atoms with E-state index >= 15 is 0 Å². The Balaban J connectivity index is 2.30. The lowest BCUT2D eigenvalue weighted by molar-refractivity contribution is 0.567. The Morgan fingerprint density at radius 3 is 2.91 bits per heavy atom. The first kappa shape index (κ1) is 6.94. The Morgan fingerprint density at radius 1 is 1.73 bits per heavy atom. The van der Waals surface area contributed by atoms with Gasteiger partial charge >= 0.3 is 0 Å².